The summed E-state index contributed by atoms with van der Waals surface area (Å²) in [5.41, 5.74) is 3.11. The predicted molar refractivity (Wildman–Crippen MR) is 99.1 cm³/mol. The molecule has 2 rings (SSSR count). The molecular formula is C20H21NO6. The molecule has 0 heterocycles. The first-order chi connectivity index (χ1) is 12.7. The highest BCUT2D eigenvalue weighted by atomic mass is 16.6. The maximum Gasteiger partial charge on any atom is 0.344 e. The Morgan fingerprint density at radius 3 is 2.37 bits per heavy atom. The second-order valence-electron chi connectivity index (χ2n) is 6.26. The van der Waals surface area contributed by atoms with Crippen LogP contribution in [0, 0.1) is 30.9 Å². The lowest BCUT2D eigenvalue weighted by Crippen LogP contribution is -2.28. The van der Waals surface area contributed by atoms with E-state index in [1.165, 1.54) is 25.1 Å². The summed E-state index contributed by atoms with van der Waals surface area (Å²) in [5, 5.41) is 10.9. The second-order valence-corrected chi connectivity index (χ2v) is 6.26. The molecule has 0 unspecified atom stereocenters. The molecule has 2 aromatic carbocycles. The number of carbonyl (C=O) groups is 2. The number of benzene rings is 2. The van der Waals surface area contributed by atoms with Gasteiger partial charge < -0.3 is 9.47 Å². The topological polar surface area (TPSA) is 95.7 Å². The van der Waals surface area contributed by atoms with E-state index in [2.05, 4.69) is 0 Å². The molecule has 27 heavy (non-hydrogen) atoms. The molecular weight excluding hydrogens is 350 g/mol. The van der Waals surface area contributed by atoms with E-state index in [0.717, 1.165) is 16.7 Å². The third kappa shape index (κ3) is 4.91. The Labute approximate surface area is 157 Å². The first kappa shape index (κ1) is 20.1. The maximum atomic E-state index is 12.6. The van der Waals surface area contributed by atoms with Crippen LogP contribution in [0.2, 0.25) is 0 Å². The molecule has 0 amide bonds. The third-order valence-corrected chi connectivity index (χ3v) is 4.19. The van der Waals surface area contributed by atoms with E-state index < -0.39 is 23.6 Å². The summed E-state index contributed by atoms with van der Waals surface area (Å²) in [6, 6.07) is 9.40. The molecule has 0 bridgehead atoms. The summed E-state index contributed by atoms with van der Waals surface area (Å²) in [6.45, 7) is 6.64. The Bertz CT molecular complexity index is 890. The van der Waals surface area contributed by atoms with E-state index in [9.17, 15) is 19.7 Å². The molecule has 0 fully saturated rings. The van der Waals surface area contributed by atoms with E-state index in [1.54, 1.807) is 12.1 Å². The molecule has 0 radical (unpaired) electrons. The first-order valence-electron chi connectivity index (χ1n) is 8.38. The van der Waals surface area contributed by atoms with E-state index in [0.29, 0.717) is 5.56 Å². The number of nitro benzene ring substituents is 1. The maximum absolute atomic E-state index is 12.6. The Morgan fingerprint density at radius 2 is 1.70 bits per heavy atom. The summed E-state index contributed by atoms with van der Waals surface area (Å²) in [4.78, 5) is 34.9. The summed E-state index contributed by atoms with van der Waals surface area (Å²) < 4.78 is 10.3. The lowest BCUT2D eigenvalue weighted by Gasteiger charge is -2.15. The summed E-state index contributed by atoms with van der Waals surface area (Å²) >= 11 is 0. The largest absolute Gasteiger partial charge is 0.475 e. The molecule has 2 aromatic rings. The van der Waals surface area contributed by atoms with Crippen molar-refractivity contribution in [3.8, 4) is 5.75 Å². The normalized spacial score (nSPS) is 11.6. The molecule has 0 N–H and O–H groups in total. The first-order valence-corrected chi connectivity index (χ1v) is 8.38. The quantitative estimate of drug-likeness (QED) is 0.319. The number of Topliss-reactive ketones (excluding diaryl/α,β-unsaturated/α-hetero) is 1. The van der Waals surface area contributed by atoms with Gasteiger partial charge in [-0.2, -0.15) is 0 Å². The van der Waals surface area contributed by atoms with Gasteiger partial charge in [0.25, 0.3) is 0 Å². The zero-order chi connectivity index (χ0) is 20.1. The second kappa shape index (κ2) is 8.44. The minimum Gasteiger partial charge on any atom is -0.475 e. The fourth-order valence-electron chi connectivity index (χ4n) is 2.60. The number of aryl methyl sites for hydroxylation is 3. The van der Waals surface area contributed by atoms with Crippen LogP contribution in [0.3, 0.4) is 0 Å². The van der Waals surface area contributed by atoms with Gasteiger partial charge in [-0.05, 0) is 56.5 Å². The Hall–Kier alpha value is -3.22. The number of esters is 1. The lowest BCUT2D eigenvalue weighted by molar-refractivity contribution is -0.385. The third-order valence-electron chi connectivity index (χ3n) is 4.19. The molecule has 7 heteroatoms. The molecule has 0 aromatic heterocycles. The molecule has 0 aliphatic rings. The molecule has 0 aliphatic heterocycles. The van der Waals surface area contributed by atoms with Crippen molar-refractivity contribution in [2.75, 3.05) is 6.61 Å². The highest BCUT2D eigenvalue weighted by molar-refractivity contribution is 6.01. The van der Waals surface area contributed by atoms with Gasteiger partial charge in [-0.3, -0.25) is 14.9 Å². The van der Waals surface area contributed by atoms with Gasteiger partial charge >= 0.3 is 11.7 Å². The van der Waals surface area contributed by atoms with Crippen molar-refractivity contribution in [3.05, 3.63) is 68.8 Å². The number of hydrogen-bond donors (Lipinski definition) is 0. The van der Waals surface area contributed by atoms with Crippen LogP contribution in [-0.2, 0) is 9.53 Å². The SMILES string of the molecule is Cc1cc(C)c(C(=O)[C@@H](C)OC(=O)COc2ccccc2[N+](=O)[O-])cc1C. The standard InChI is InChI=1S/C20H21NO6/c1-12-9-14(3)16(10-13(12)2)20(23)15(4)27-19(22)11-26-18-8-6-5-7-17(18)21(24)25/h5-10,15H,11H2,1-4H3/t15-/m1/s1. The minimum atomic E-state index is -0.993. The summed E-state index contributed by atoms with van der Waals surface area (Å²) in [6.07, 6.45) is -0.993. The number of ether oxygens (including phenoxy) is 2. The van der Waals surface area contributed by atoms with Crippen molar-refractivity contribution >= 4 is 17.4 Å². The number of ketones is 1. The summed E-state index contributed by atoms with van der Waals surface area (Å²) in [5.74, 6) is -1.13. The Balaban J connectivity index is 2.01. The van der Waals surface area contributed by atoms with Crippen molar-refractivity contribution in [1.82, 2.24) is 0 Å². The van der Waals surface area contributed by atoms with Crippen LogP contribution in [0.1, 0.15) is 34.0 Å². The lowest BCUT2D eigenvalue weighted by atomic mass is 9.96. The van der Waals surface area contributed by atoms with Crippen LogP contribution in [0.4, 0.5) is 5.69 Å². The van der Waals surface area contributed by atoms with Gasteiger partial charge in [0.1, 0.15) is 0 Å². The number of nitrogens with zero attached hydrogens (tertiary/aromatic N) is 1. The van der Waals surface area contributed by atoms with E-state index in [4.69, 9.17) is 9.47 Å². The Kier molecular flexibility index (Phi) is 6.28. The molecule has 0 spiro atoms. The average Bonchev–Trinajstić information content (AvgIpc) is 2.62. The molecule has 0 saturated carbocycles. The van der Waals surface area contributed by atoms with Crippen LogP contribution < -0.4 is 4.74 Å². The van der Waals surface area contributed by atoms with Gasteiger partial charge in [-0.1, -0.05) is 18.2 Å². The molecule has 142 valence electrons. The summed E-state index contributed by atoms with van der Waals surface area (Å²) in [7, 11) is 0. The van der Waals surface area contributed by atoms with Gasteiger partial charge in [-0.15, -0.1) is 0 Å². The number of rotatable bonds is 7. The number of nitro groups is 1. The van der Waals surface area contributed by atoms with Gasteiger partial charge in [0.15, 0.2) is 18.5 Å². The molecule has 1 atom stereocenters. The predicted octanol–water partition coefficient (Wildman–Crippen LogP) is 3.71. The zero-order valence-corrected chi connectivity index (χ0v) is 15.6. The molecule has 0 saturated heterocycles. The van der Waals surface area contributed by atoms with Crippen LogP contribution in [0.15, 0.2) is 36.4 Å². The van der Waals surface area contributed by atoms with Crippen LogP contribution >= 0.6 is 0 Å². The zero-order valence-electron chi connectivity index (χ0n) is 15.6. The van der Waals surface area contributed by atoms with Crippen molar-refractivity contribution in [2.24, 2.45) is 0 Å². The minimum absolute atomic E-state index is 0.0385. The Morgan fingerprint density at radius 1 is 1.07 bits per heavy atom. The van der Waals surface area contributed by atoms with Crippen molar-refractivity contribution in [2.45, 2.75) is 33.8 Å². The van der Waals surface area contributed by atoms with Gasteiger partial charge in [-0.25, -0.2) is 4.79 Å². The van der Waals surface area contributed by atoms with Crippen molar-refractivity contribution in [3.63, 3.8) is 0 Å². The number of hydrogen-bond acceptors (Lipinski definition) is 6. The van der Waals surface area contributed by atoms with Gasteiger partial charge in [0.2, 0.25) is 5.78 Å². The van der Waals surface area contributed by atoms with Gasteiger partial charge in [0.05, 0.1) is 4.92 Å². The van der Waals surface area contributed by atoms with E-state index in [-0.39, 0.29) is 17.2 Å². The van der Waals surface area contributed by atoms with Gasteiger partial charge in [0, 0.05) is 11.6 Å². The molecule has 0 aliphatic carbocycles. The van der Waals surface area contributed by atoms with Crippen LogP contribution in [0.5, 0.6) is 5.75 Å². The fraction of sp³-hybridized carbons (Fsp3) is 0.300. The number of carbonyl (C=O) groups excluding carboxylic acids is 2. The fourth-order valence-corrected chi connectivity index (χ4v) is 2.60. The van der Waals surface area contributed by atoms with E-state index >= 15 is 0 Å². The van der Waals surface area contributed by atoms with Crippen molar-refractivity contribution in [1.29, 1.82) is 0 Å². The molecule has 7 nitrogen and oxygen atoms in total. The highest BCUT2D eigenvalue weighted by Crippen LogP contribution is 2.25. The van der Waals surface area contributed by atoms with Crippen molar-refractivity contribution < 1.29 is 24.0 Å². The van der Waals surface area contributed by atoms with Crippen LogP contribution in [0.25, 0.3) is 0 Å². The van der Waals surface area contributed by atoms with E-state index in [1.807, 2.05) is 26.8 Å². The number of para-hydroxylation sites is 2. The average molecular weight is 371 g/mol. The highest BCUT2D eigenvalue weighted by Gasteiger charge is 2.22. The monoisotopic (exact) mass is 371 g/mol. The van der Waals surface area contributed by atoms with Crippen LogP contribution in [-0.4, -0.2) is 29.4 Å². The smallest absolute Gasteiger partial charge is 0.344 e.